The van der Waals surface area contributed by atoms with E-state index >= 15 is 0 Å². The first-order valence-electron chi connectivity index (χ1n) is 9.79. The maximum Gasteiger partial charge on any atom is 0.261 e. The van der Waals surface area contributed by atoms with E-state index in [4.69, 9.17) is 16.3 Å². The first-order chi connectivity index (χ1) is 13.9. The van der Waals surface area contributed by atoms with Crippen LogP contribution in [0.25, 0.3) is 10.8 Å². The lowest BCUT2D eigenvalue weighted by Gasteiger charge is -2.24. The summed E-state index contributed by atoms with van der Waals surface area (Å²) in [6.45, 7) is 2.63. The Hall–Kier alpha value is -2.56. The molecule has 152 valence electrons. The van der Waals surface area contributed by atoms with Gasteiger partial charge in [-0.1, -0.05) is 60.1 Å². The van der Waals surface area contributed by atoms with Crippen LogP contribution in [0.1, 0.15) is 24.9 Å². The van der Waals surface area contributed by atoms with E-state index in [1.165, 1.54) is 0 Å². The molecular formula is C24H27ClN2O2. The fraction of sp³-hybridized carbons (Fsp3) is 0.292. The van der Waals surface area contributed by atoms with Crippen molar-refractivity contribution in [3.05, 3.63) is 77.3 Å². The highest BCUT2D eigenvalue weighted by molar-refractivity contribution is 6.30. The Kier molecular flexibility index (Phi) is 7.13. The summed E-state index contributed by atoms with van der Waals surface area (Å²) in [5.74, 6) is 0.568. The van der Waals surface area contributed by atoms with Gasteiger partial charge in [-0.25, -0.2) is 0 Å². The monoisotopic (exact) mass is 410 g/mol. The highest BCUT2D eigenvalue weighted by Gasteiger charge is 2.21. The van der Waals surface area contributed by atoms with Crippen LogP contribution in [0.5, 0.6) is 5.75 Å². The highest BCUT2D eigenvalue weighted by Crippen LogP contribution is 2.26. The average molecular weight is 411 g/mol. The predicted molar refractivity (Wildman–Crippen MR) is 120 cm³/mol. The molecule has 0 saturated heterocycles. The Bertz CT molecular complexity index is 951. The Morgan fingerprint density at radius 3 is 2.45 bits per heavy atom. The topological polar surface area (TPSA) is 41.6 Å². The van der Waals surface area contributed by atoms with Crippen molar-refractivity contribution in [2.24, 2.45) is 0 Å². The van der Waals surface area contributed by atoms with Crippen molar-refractivity contribution in [3.63, 3.8) is 0 Å². The fourth-order valence-electron chi connectivity index (χ4n) is 3.24. The summed E-state index contributed by atoms with van der Waals surface area (Å²) in [5, 5.41) is 5.90. The molecule has 3 rings (SSSR count). The molecule has 0 aromatic heterocycles. The molecule has 4 nitrogen and oxygen atoms in total. The number of carbonyl (C=O) groups excluding carboxylic acids is 1. The lowest BCUT2D eigenvalue weighted by Crippen LogP contribution is -2.39. The zero-order valence-electron chi connectivity index (χ0n) is 17.1. The summed E-state index contributed by atoms with van der Waals surface area (Å²) < 4.78 is 6.03. The van der Waals surface area contributed by atoms with Gasteiger partial charge in [0, 0.05) is 10.4 Å². The number of halogens is 1. The summed E-state index contributed by atoms with van der Waals surface area (Å²) in [6.07, 6.45) is 0.177. The van der Waals surface area contributed by atoms with Gasteiger partial charge in [0.1, 0.15) is 5.75 Å². The molecule has 0 aliphatic heterocycles. The van der Waals surface area contributed by atoms with Crippen molar-refractivity contribution < 1.29 is 9.53 Å². The third kappa shape index (κ3) is 5.72. The summed E-state index contributed by atoms with van der Waals surface area (Å²) in [5.41, 5.74) is 1.03. The van der Waals surface area contributed by atoms with E-state index in [0.29, 0.717) is 10.8 Å². The van der Waals surface area contributed by atoms with Gasteiger partial charge in [0.05, 0.1) is 6.04 Å². The van der Waals surface area contributed by atoms with Gasteiger partial charge < -0.3 is 15.0 Å². The second kappa shape index (κ2) is 9.77. The first-order valence-corrected chi connectivity index (χ1v) is 10.2. The number of amides is 1. The van der Waals surface area contributed by atoms with Gasteiger partial charge >= 0.3 is 0 Å². The Balaban J connectivity index is 1.73. The summed E-state index contributed by atoms with van der Waals surface area (Å²) in [7, 11) is 4.04. The molecule has 3 aromatic carbocycles. The van der Waals surface area contributed by atoms with Crippen LogP contribution >= 0.6 is 11.6 Å². The van der Waals surface area contributed by atoms with Crippen molar-refractivity contribution in [3.8, 4) is 5.75 Å². The van der Waals surface area contributed by atoms with Crippen LogP contribution in [0.3, 0.4) is 0 Å². The van der Waals surface area contributed by atoms with E-state index in [9.17, 15) is 4.79 Å². The molecule has 0 saturated carbocycles. The molecule has 0 bridgehead atoms. The Labute approximate surface area is 177 Å². The second-order valence-corrected chi connectivity index (χ2v) is 7.88. The van der Waals surface area contributed by atoms with E-state index in [1.54, 1.807) is 6.92 Å². The fourth-order valence-corrected chi connectivity index (χ4v) is 3.36. The van der Waals surface area contributed by atoms with E-state index in [2.05, 4.69) is 10.2 Å². The number of benzene rings is 3. The predicted octanol–water partition coefficient (Wildman–Crippen LogP) is 5.07. The largest absolute Gasteiger partial charge is 0.480 e. The molecule has 0 fully saturated rings. The molecule has 3 aromatic rings. The molecule has 0 aliphatic rings. The molecule has 2 unspecified atom stereocenters. The Morgan fingerprint density at radius 1 is 1.03 bits per heavy atom. The minimum absolute atomic E-state index is 0.110. The molecule has 29 heavy (non-hydrogen) atoms. The molecule has 0 aliphatic carbocycles. The number of hydrogen-bond donors (Lipinski definition) is 1. The summed E-state index contributed by atoms with van der Waals surface area (Å²) in [4.78, 5) is 15.0. The highest BCUT2D eigenvalue weighted by atomic mass is 35.5. The van der Waals surface area contributed by atoms with Gasteiger partial charge in [-0.15, -0.1) is 0 Å². The summed E-state index contributed by atoms with van der Waals surface area (Å²) >= 11 is 6.02. The van der Waals surface area contributed by atoms with Gasteiger partial charge in [-0.2, -0.15) is 0 Å². The van der Waals surface area contributed by atoms with Crippen LogP contribution in [0.15, 0.2) is 66.7 Å². The van der Waals surface area contributed by atoms with E-state index in [1.807, 2.05) is 80.8 Å². The van der Waals surface area contributed by atoms with Crippen molar-refractivity contribution >= 4 is 28.3 Å². The van der Waals surface area contributed by atoms with Crippen LogP contribution in [0.2, 0.25) is 5.02 Å². The van der Waals surface area contributed by atoms with Crippen molar-refractivity contribution in [1.29, 1.82) is 0 Å². The average Bonchev–Trinajstić information content (AvgIpc) is 2.71. The lowest BCUT2D eigenvalue weighted by atomic mass is 10.0. The smallest absolute Gasteiger partial charge is 0.261 e. The number of nitrogens with one attached hydrogen (secondary N) is 1. The molecule has 2 atom stereocenters. The quantitative estimate of drug-likeness (QED) is 0.563. The van der Waals surface area contributed by atoms with Gasteiger partial charge in [0.25, 0.3) is 5.91 Å². The molecular weight excluding hydrogens is 384 g/mol. The van der Waals surface area contributed by atoms with Gasteiger partial charge in [0.2, 0.25) is 0 Å². The number of nitrogens with zero attached hydrogens (tertiary/aromatic N) is 1. The number of rotatable bonds is 8. The number of carbonyl (C=O) groups is 1. The molecule has 0 spiro atoms. The lowest BCUT2D eigenvalue weighted by molar-refractivity contribution is -0.128. The van der Waals surface area contributed by atoms with Gasteiger partial charge in [0.15, 0.2) is 6.10 Å². The minimum atomic E-state index is -0.616. The van der Waals surface area contributed by atoms with Crippen LogP contribution in [0, 0.1) is 0 Å². The van der Waals surface area contributed by atoms with Crippen LogP contribution in [0.4, 0.5) is 0 Å². The third-order valence-corrected chi connectivity index (χ3v) is 5.13. The van der Waals surface area contributed by atoms with Crippen molar-refractivity contribution in [1.82, 2.24) is 10.2 Å². The number of hydrogen-bond acceptors (Lipinski definition) is 3. The summed E-state index contributed by atoms with van der Waals surface area (Å²) in [6, 6.07) is 21.4. The SMILES string of the molecule is CC(Oc1cccc2ccccc12)C(=O)NC(CCN(C)C)c1ccc(Cl)cc1. The maximum absolute atomic E-state index is 12.9. The molecule has 1 amide bonds. The first kappa shape index (κ1) is 21.2. The molecule has 0 radical (unpaired) electrons. The molecule has 5 heteroatoms. The normalized spacial score (nSPS) is 13.3. The van der Waals surface area contributed by atoms with Crippen LogP contribution in [-0.2, 0) is 4.79 Å². The number of ether oxygens (including phenoxy) is 1. The zero-order valence-corrected chi connectivity index (χ0v) is 17.8. The molecule has 0 heterocycles. The van der Waals surface area contributed by atoms with E-state index in [0.717, 1.165) is 29.3 Å². The Morgan fingerprint density at radius 2 is 1.72 bits per heavy atom. The van der Waals surface area contributed by atoms with Crippen molar-refractivity contribution in [2.45, 2.75) is 25.5 Å². The third-order valence-electron chi connectivity index (χ3n) is 4.88. The van der Waals surface area contributed by atoms with Gasteiger partial charge in [-0.05, 0) is 63.1 Å². The standard InChI is InChI=1S/C24H27ClN2O2/c1-17(29-23-10-6-8-18-7-4-5-9-21(18)23)24(28)26-22(15-16-27(2)3)19-11-13-20(25)14-12-19/h4-14,17,22H,15-16H2,1-3H3,(H,26,28). The second-order valence-electron chi connectivity index (χ2n) is 7.44. The number of fused-ring (bicyclic) bond motifs is 1. The zero-order chi connectivity index (χ0) is 20.8. The minimum Gasteiger partial charge on any atom is -0.480 e. The van der Waals surface area contributed by atoms with Crippen LogP contribution < -0.4 is 10.1 Å². The van der Waals surface area contributed by atoms with Crippen molar-refractivity contribution in [2.75, 3.05) is 20.6 Å². The van der Waals surface area contributed by atoms with E-state index < -0.39 is 6.10 Å². The van der Waals surface area contributed by atoms with Gasteiger partial charge in [-0.3, -0.25) is 4.79 Å². The maximum atomic E-state index is 12.9. The van der Waals surface area contributed by atoms with Crippen LogP contribution in [-0.4, -0.2) is 37.6 Å². The van der Waals surface area contributed by atoms with E-state index in [-0.39, 0.29) is 11.9 Å². The molecule has 1 N–H and O–H groups in total.